The molecule has 0 radical (unpaired) electrons. The highest BCUT2D eigenvalue weighted by molar-refractivity contribution is 7.80. The van der Waals surface area contributed by atoms with Gasteiger partial charge in [-0.1, -0.05) is 37.5 Å². The first-order valence-corrected chi connectivity index (χ1v) is 8.69. The Morgan fingerprint density at radius 1 is 0.957 bits per heavy atom. The maximum absolute atomic E-state index is 5.86. The number of para-hydroxylation sites is 1. The molecule has 2 aromatic carbocycles. The van der Waals surface area contributed by atoms with Gasteiger partial charge >= 0.3 is 0 Å². The number of rotatable bonds is 2. The summed E-state index contributed by atoms with van der Waals surface area (Å²) < 4.78 is 5.86. The van der Waals surface area contributed by atoms with Crippen molar-refractivity contribution in [3.63, 3.8) is 0 Å². The number of thiocarbonyl (C=S) groups is 1. The molecule has 0 saturated heterocycles. The Labute approximate surface area is 141 Å². The Hall–Kier alpha value is -2.07. The largest absolute Gasteiger partial charge is 0.456 e. The summed E-state index contributed by atoms with van der Waals surface area (Å²) in [5.41, 5.74) is 2.82. The van der Waals surface area contributed by atoms with Crippen LogP contribution in [-0.4, -0.2) is 11.2 Å². The molecule has 4 rings (SSSR count). The molecule has 3 nitrogen and oxygen atoms in total. The lowest BCUT2D eigenvalue weighted by molar-refractivity contribution is 0.415. The Balaban J connectivity index is 1.54. The average molecular weight is 324 g/mol. The molecule has 0 unspecified atom stereocenters. The van der Waals surface area contributed by atoms with Gasteiger partial charge < -0.3 is 15.1 Å². The normalized spacial score (nSPS) is 15.8. The van der Waals surface area contributed by atoms with Crippen LogP contribution in [0.5, 0.6) is 0 Å². The number of benzene rings is 2. The van der Waals surface area contributed by atoms with Crippen LogP contribution in [0.4, 0.5) is 5.69 Å². The lowest BCUT2D eigenvalue weighted by Crippen LogP contribution is -2.38. The molecular weight excluding hydrogens is 304 g/mol. The van der Waals surface area contributed by atoms with E-state index < -0.39 is 0 Å². The summed E-state index contributed by atoms with van der Waals surface area (Å²) in [6.07, 6.45) is 6.38. The van der Waals surface area contributed by atoms with E-state index in [1.54, 1.807) is 0 Å². The topological polar surface area (TPSA) is 37.2 Å². The SMILES string of the molecule is S=C(Nc1ccc2oc3ccccc3c2c1)NC1CCCCC1. The van der Waals surface area contributed by atoms with Crippen LogP contribution < -0.4 is 10.6 Å². The molecule has 1 aliphatic carbocycles. The first-order chi connectivity index (χ1) is 11.3. The maximum atomic E-state index is 5.86. The minimum atomic E-state index is 0.516. The van der Waals surface area contributed by atoms with Crippen LogP contribution in [0.25, 0.3) is 21.9 Å². The van der Waals surface area contributed by atoms with Crippen LogP contribution in [0.2, 0.25) is 0 Å². The monoisotopic (exact) mass is 324 g/mol. The van der Waals surface area contributed by atoms with Crippen LogP contribution >= 0.6 is 12.2 Å². The van der Waals surface area contributed by atoms with Gasteiger partial charge in [-0.05, 0) is 49.3 Å². The second-order valence-electron chi connectivity index (χ2n) is 6.24. The number of anilines is 1. The van der Waals surface area contributed by atoms with Crippen molar-refractivity contribution in [2.45, 2.75) is 38.1 Å². The molecular formula is C19H20N2OS. The molecule has 0 amide bonds. The summed E-state index contributed by atoms with van der Waals surface area (Å²) in [6.45, 7) is 0. The van der Waals surface area contributed by atoms with E-state index in [2.05, 4.69) is 22.8 Å². The van der Waals surface area contributed by atoms with Crippen LogP contribution in [0.3, 0.4) is 0 Å². The highest BCUT2D eigenvalue weighted by Gasteiger charge is 2.14. The number of fused-ring (bicyclic) bond motifs is 3. The maximum Gasteiger partial charge on any atom is 0.170 e. The summed E-state index contributed by atoms with van der Waals surface area (Å²) in [5.74, 6) is 0. The van der Waals surface area contributed by atoms with Crippen molar-refractivity contribution >= 4 is 45.0 Å². The van der Waals surface area contributed by atoms with E-state index in [4.69, 9.17) is 16.6 Å². The highest BCUT2D eigenvalue weighted by Crippen LogP contribution is 2.30. The van der Waals surface area contributed by atoms with Crippen molar-refractivity contribution in [3.05, 3.63) is 42.5 Å². The predicted molar refractivity (Wildman–Crippen MR) is 99.9 cm³/mol. The van der Waals surface area contributed by atoms with Crippen molar-refractivity contribution in [2.75, 3.05) is 5.32 Å². The molecule has 3 aromatic rings. The van der Waals surface area contributed by atoms with Crippen molar-refractivity contribution in [1.82, 2.24) is 5.32 Å². The van der Waals surface area contributed by atoms with E-state index in [1.165, 1.54) is 32.1 Å². The van der Waals surface area contributed by atoms with Crippen LogP contribution in [0, 0.1) is 0 Å². The summed E-state index contributed by atoms with van der Waals surface area (Å²) in [7, 11) is 0. The van der Waals surface area contributed by atoms with Crippen molar-refractivity contribution in [2.24, 2.45) is 0 Å². The zero-order chi connectivity index (χ0) is 15.6. The molecule has 0 bridgehead atoms. The lowest BCUT2D eigenvalue weighted by Gasteiger charge is -2.24. The van der Waals surface area contributed by atoms with Crippen molar-refractivity contribution < 1.29 is 4.42 Å². The third-order valence-electron chi connectivity index (χ3n) is 4.57. The van der Waals surface area contributed by atoms with E-state index in [0.29, 0.717) is 11.2 Å². The quantitative estimate of drug-likeness (QED) is 0.635. The van der Waals surface area contributed by atoms with Crippen LogP contribution in [0.1, 0.15) is 32.1 Å². The van der Waals surface area contributed by atoms with Crippen LogP contribution in [-0.2, 0) is 0 Å². The van der Waals surface area contributed by atoms with Gasteiger partial charge in [0.25, 0.3) is 0 Å². The van der Waals surface area contributed by atoms with Gasteiger partial charge in [-0.3, -0.25) is 0 Å². The van der Waals surface area contributed by atoms with Gasteiger partial charge in [0.15, 0.2) is 5.11 Å². The molecule has 1 saturated carbocycles. The molecule has 1 aromatic heterocycles. The van der Waals surface area contributed by atoms with E-state index in [9.17, 15) is 0 Å². The first-order valence-electron chi connectivity index (χ1n) is 8.28. The molecule has 1 heterocycles. The Morgan fingerprint density at radius 2 is 1.74 bits per heavy atom. The van der Waals surface area contributed by atoms with Crippen molar-refractivity contribution in [1.29, 1.82) is 0 Å². The van der Waals surface area contributed by atoms with Gasteiger partial charge in [0.05, 0.1) is 0 Å². The van der Waals surface area contributed by atoms with Crippen LogP contribution in [0.15, 0.2) is 46.9 Å². The minimum Gasteiger partial charge on any atom is -0.456 e. The number of nitrogens with one attached hydrogen (secondary N) is 2. The standard InChI is InChI=1S/C19H20N2OS/c23-19(20-13-6-2-1-3-7-13)21-14-10-11-18-16(12-14)15-8-4-5-9-17(15)22-18/h4-5,8-13H,1-3,6-7H2,(H2,20,21,23). The summed E-state index contributed by atoms with van der Waals surface area (Å²) in [4.78, 5) is 0. The zero-order valence-corrected chi connectivity index (χ0v) is 13.8. The average Bonchev–Trinajstić information content (AvgIpc) is 2.94. The fourth-order valence-corrected chi connectivity index (χ4v) is 3.69. The third kappa shape index (κ3) is 3.04. The van der Waals surface area contributed by atoms with Gasteiger partial charge in [0, 0.05) is 22.5 Å². The van der Waals surface area contributed by atoms with Gasteiger partial charge in [0.2, 0.25) is 0 Å². The molecule has 1 aliphatic rings. The second-order valence-corrected chi connectivity index (χ2v) is 6.65. The summed E-state index contributed by atoms with van der Waals surface area (Å²) in [5, 5.41) is 9.72. The van der Waals surface area contributed by atoms with Gasteiger partial charge in [0.1, 0.15) is 11.2 Å². The van der Waals surface area contributed by atoms with Gasteiger partial charge in [-0.15, -0.1) is 0 Å². The molecule has 0 aliphatic heterocycles. The summed E-state index contributed by atoms with van der Waals surface area (Å²) in [6, 6.07) is 14.7. The molecule has 23 heavy (non-hydrogen) atoms. The Kier molecular flexibility index (Phi) is 3.92. The third-order valence-corrected chi connectivity index (χ3v) is 4.79. The summed E-state index contributed by atoms with van der Waals surface area (Å²) >= 11 is 5.47. The first kappa shape index (κ1) is 14.5. The Bertz CT molecular complexity index is 849. The molecule has 118 valence electrons. The number of hydrogen-bond donors (Lipinski definition) is 2. The van der Waals surface area contributed by atoms with Crippen molar-refractivity contribution in [3.8, 4) is 0 Å². The number of hydrogen-bond acceptors (Lipinski definition) is 2. The zero-order valence-electron chi connectivity index (χ0n) is 13.0. The molecule has 2 N–H and O–H groups in total. The smallest absolute Gasteiger partial charge is 0.170 e. The van der Waals surface area contributed by atoms with E-state index >= 15 is 0 Å². The molecule has 4 heteroatoms. The predicted octanol–water partition coefficient (Wildman–Crippen LogP) is 5.21. The molecule has 0 atom stereocenters. The molecule has 0 spiro atoms. The second kappa shape index (κ2) is 6.20. The lowest BCUT2D eigenvalue weighted by atomic mass is 9.96. The van der Waals surface area contributed by atoms with E-state index in [0.717, 1.165) is 27.6 Å². The fourth-order valence-electron chi connectivity index (χ4n) is 3.40. The van der Waals surface area contributed by atoms with E-state index in [-0.39, 0.29) is 0 Å². The van der Waals surface area contributed by atoms with E-state index in [1.807, 2.05) is 30.3 Å². The Morgan fingerprint density at radius 3 is 2.61 bits per heavy atom. The fraction of sp³-hybridized carbons (Fsp3) is 0.316. The molecule has 1 fully saturated rings. The van der Waals surface area contributed by atoms with Gasteiger partial charge in [-0.25, -0.2) is 0 Å². The minimum absolute atomic E-state index is 0.516. The number of furan rings is 1. The van der Waals surface area contributed by atoms with Gasteiger partial charge in [-0.2, -0.15) is 0 Å². The highest BCUT2D eigenvalue weighted by atomic mass is 32.1.